The van der Waals surface area contributed by atoms with Gasteiger partial charge in [0.25, 0.3) is 5.91 Å². The molecule has 0 aliphatic carbocycles. The van der Waals surface area contributed by atoms with E-state index in [0.29, 0.717) is 11.4 Å². The molecule has 2 N–H and O–H groups in total. The van der Waals surface area contributed by atoms with Crippen LogP contribution in [0.25, 0.3) is 0 Å². The lowest BCUT2D eigenvalue weighted by Gasteiger charge is -2.45. The van der Waals surface area contributed by atoms with Gasteiger partial charge in [-0.05, 0) is 49.9 Å². The van der Waals surface area contributed by atoms with E-state index in [2.05, 4.69) is 16.8 Å². The zero-order valence-electron chi connectivity index (χ0n) is 17.3. The van der Waals surface area contributed by atoms with E-state index in [4.69, 9.17) is 10.5 Å². The maximum atomic E-state index is 12.0. The first-order valence-corrected chi connectivity index (χ1v) is 12.7. The number of nitrogens with zero attached hydrogens (tertiary/aromatic N) is 2. The number of fused-ring (bicyclic) bond motifs is 2. The molecular weight excluding hydrogens is 422 g/mol. The van der Waals surface area contributed by atoms with Crippen molar-refractivity contribution in [3.8, 4) is 0 Å². The van der Waals surface area contributed by atoms with Crippen molar-refractivity contribution >= 4 is 27.1 Å². The number of likely N-dealkylation sites (tertiary alicyclic amines) is 1. The van der Waals surface area contributed by atoms with Crippen LogP contribution in [0.5, 0.6) is 0 Å². The van der Waals surface area contributed by atoms with Crippen molar-refractivity contribution in [2.75, 3.05) is 18.8 Å². The number of nitrogens with two attached hydrogens (primary N) is 1. The molecule has 2 aromatic rings. The second-order valence-electron chi connectivity index (χ2n) is 8.12. The van der Waals surface area contributed by atoms with E-state index in [1.807, 2.05) is 6.07 Å². The molecular formula is C21H27N3O4S2. The fraction of sp³-hybridized carbons (Fsp3) is 0.524. The maximum absolute atomic E-state index is 12.0. The fourth-order valence-corrected chi connectivity index (χ4v) is 6.43. The Bertz CT molecular complexity index is 1040. The van der Waals surface area contributed by atoms with Crippen molar-refractivity contribution in [2.45, 2.75) is 56.3 Å². The lowest BCUT2D eigenvalue weighted by Crippen LogP contribution is -2.47. The number of sulfone groups is 1. The number of primary amides is 1. The van der Waals surface area contributed by atoms with Crippen LogP contribution in [-0.2, 0) is 33.1 Å². The molecule has 30 heavy (non-hydrogen) atoms. The van der Waals surface area contributed by atoms with Gasteiger partial charge in [0.05, 0.1) is 27.3 Å². The summed E-state index contributed by atoms with van der Waals surface area (Å²) in [6, 6.07) is 5.37. The molecule has 1 spiro atoms. The Morgan fingerprint density at radius 1 is 1.37 bits per heavy atom. The van der Waals surface area contributed by atoms with Crippen molar-refractivity contribution in [2.24, 2.45) is 5.73 Å². The van der Waals surface area contributed by atoms with Crippen molar-refractivity contribution in [1.29, 1.82) is 0 Å². The predicted octanol–water partition coefficient (Wildman–Crippen LogP) is 2.49. The number of carbonyl (C=O) groups excluding carboxylic acids is 1. The Hall–Kier alpha value is -1.81. The van der Waals surface area contributed by atoms with E-state index in [1.165, 1.54) is 23.1 Å². The molecule has 1 amide bonds. The van der Waals surface area contributed by atoms with Gasteiger partial charge in [0.15, 0.2) is 9.84 Å². The quantitative estimate of drug-likeness (QED) is 0.752. The molecule has 1 fully saturated rings. The molecule has 7 nitrogen and oxygen atoms in total. The van der Waals surface area contributed by atoms with Gasteiger partial charge in [-0.2, -0.15) is 0 Å². The second-order valence-corrected chi connectivity index (χ2v) is 11.5. The summed E-state index contributed by atoms with van der Waals surface area (Å²) in [6.07, 6.45) is 4.04. The van der Waals surface area contributed by atoms with Crippen LogP contribution in [0.4, 0.5) is 0 Å². The third-order valence-electron chi connectivity index (χ3n) is 5.99. The van der Waals surface area contributed by atoms with E-state index in [1.54, 1.807) is 19.1 Å². The predicted molar refractivity (Wildman–Crippen MR) is 115 cm³/mol. The fourth-order valence-electron chi connectivity index (χ4n) is 4.38. The van der Waals surface area contributed by atoms with Gasteiger partial charge in [-0.3, -0.25) is 14.7 Å². The minimum Gasteiger partial charge on any atom is -0.366 e. The van der Waals surface area contributed by atoms with E-state index < -0.39 is 9.84 Å². The molecule has 4 heterocycles. The number of pyridine rings is 1. The van der Waals surface area contributed by atoms with Gasteiger partial charge in [0.2, 0.25) is 0 Å². The summed E-state index contributed by atoms with van der Waals surface area (Å²) in [7, 11) is -3.23. The highest BCUT2D eigenvalue weighted by atomic mass is 32.2. The summed E-state index contributed by atoms with van der Waals surface area (Å²) in [6.45, 7) is 6.06. The Balaban J connectivity index is 1.46. The molecule has 1 atom stereocenters. The Labute approximate surface area is 181 Å². The Kier molecular flexibility index (Phi) is 5.73. The monoisotopic (exact) mass is 449 g/mol. The molecule has 0 saturated carbocycles. The number of ether oxygens (including phenoxy) is 1. The highest BCUT2D eigenvalue weighted by molar-refractivity contribution is 7.91. The molecule has 1 unspecified atom stereocenters. The van der Waals surface area contributed by atoms with E-state index in [9.17, 15) is 13.2 Å². The highest BCUT2D eigenvalue weighted by Crippen LogP contribution is 2.47. The van der Waals surface area contributed by atoms with E-state index in [-0.39, 0.29) is 28.3 Å². The smallest absolute Gasteiger partial charge is 0.258 e. The SMILES string of the molecule is CCS(=O)(=O)c1ccc(CN2CCC3(CC2)OC(C)Cc2cc(C(N)=O)sc23)nc1. The molecule has 0 bridgehead atoms. The van der Waals surface area contributed by atoms with E-state index >= 15 is 0 Å². The topological polar surface area (TPSA) is 103 Å². The van der Waals surface area contributed by atoms with Crippen LogP contribution in [0, 0.1) is 0 Å². The lowest BCUT2D eigenvalue weighted by atomic mass is 9.84. The zero-order chi connectivity index (χ0) is 21.5. The molecule has 1 saturated heterocycles. The van der Waals surface area contributed by atoms with Crippen LogP contribution in [-0.4, -0.2) is 49.2 Å². The number of hydrogen-bond acceptors (Lipinski definition) is 7. The molecule has 4 rings (SSSR count). The minimum absolute atomic E-state index is 0.0723. The van der Waals surface area contributed by atoms with Gasteiger partial charge >= 0.3 is 0 Å². The third kappa shape index (κ3) is 4.03. The van der Waals surface area contributed by atoms with Gasteiger partial charge in [-0.1, -0.05) is 6.92 Å². The number of amides is 1. The summed E-state index contributed by atoms with van der Waals surface area (Å²) >= 11 is 1.47. The first-order chi connectivity index (χ1) is 14.2. The molecule has 2 aromatic heterocycles. The van der Waals surface area contributed by atoms with Gasteiger partial charge in [0, 0.05) is 30.7 Å². The number of carbonyl (C=O) groups is 1. The van der Waals surface area contributed by atoms with Crippen LogP contribution < -0.4 is 5.73 Å². The molecule has 9 heteroatoms. The third-order valence-corrected chi connectivity index (χ3v) is 9.08. The summed E-state index contributed by atoms with van der Waals surface area (Å²) in [4.78, 5) is 20.4. The number of aromatic nitrogens is 1. The summed E-state index contributed by atoms with van der Waals surface area (Å²) in [5, 5.41) is 0. The first kappa shape index (κ1) is 21.4. The van der Waals surface area contributed by atoms with Crippen molar-refractivity contribution in [1.82, 2.24) is 9.88 Å². The van der Waals surface area contributed by atoms with Crippen LogP contribution in [0.3, 0.4) is 0 Å². The first-order valence-electron chi connectivity index (χ1n) is 10.2. The molecule has 2 aliphatic heterocycles. The zero-order valence-corrected chi connectivity index (χ0v) is 18.9. The average Bonchev–Trinajstić information content (AvgIpc) is 3.15. The van der Waals surface area contributed by atoms with Crippen LogP contribution in [0.1, 0.15) is 52.5 Å². The number of piperidine rings is 1. The molecule has 162 valence electrons. The second kappa shape index (κ2) is 8.03. The van der Waals surface area contributed by atoms with Crippen molar-refractivity contribution in [3.05, 3.63) is 45.4 Å². The summed E-state index contributed by atoms with van der Waals surface area (Å²) < 4.78 is 30.4. The van der Waals surface area contributed by atoms with Gasteiger partial charge in [-0.25, -0.2) is 8.42 Å². The van der Waals surface area contributed by atoms with E-state index in [0.717, 1.165) is 42.9 Å². The summed E-state index contributed by atoms with van der Waals surface area (Å²) in [5.41, 5.74) is 7.20. The lowest BCUT2D eigenvalue weighted by molar-refractivity contribution is -0.131. The average molecular weight is 450 g/mol. The molecule has 0 radical (unpaired) electrons. The van der Waals surface area contributed by atoms with Crippen LogP contribution in [0.15, 0.2) is 29.3 Å². The number of hydrogen-bond donors (Lipinski definition) is 1. The van der Waals surface area contributed by atoms with Gasteiger partial charge in [-0.15, -0.1) is 11.3 Å². The van der Waals surface area contributed by atoms with Crippen molar-refractivity contribution < 1.29 is 17.9 Å². The van der Waals surface area contributed by atoms with Crippen molar-refractivity contribution in [3.63, 3.8) is 0 Å². The maximum Gasteiger partial charge on any atom is 0.258 e. The molecule has 2 aliphatic rings. The highest BCUT2D eigenvalue weighted by Gasteiger charge is 2.44. The molecule has 0 aromatic carbocycles. The normalized spacial score (nSPS) is 21.5. The Morgan fingerprint density at radius 3 is 2.70 bits per heavy atom. The summed E-state index contributed by atoms with van der Waals surface area (Å²) in [5.74, 6) is -0.308. The van der Waals surface area contributed by atoms with Crippen LogP contribution in [0.2, 0.25) is 0 Å². The Morgan fingerprint density at radius 2 is 2.10 bits per heavy atom. The largest absolute Gasteiger partial charge is 0.366 e. The number of thiophene rings is 1. The number of rotatable bonds is 5. The minimum atomic E-state index is -3.23. The van der Waals surface area contributed by atoms with Gasteiger partial charge in [0.1, 0.15) is 5.60 Å². The van der Waals surface area contributed by atoms with Gasteiger partial charge < -0.3 is 10.5 Å². The standard InChI is InChI=1S/C21H27N3O4S2/c1-3-30(26,27)17-5-4-16(23-12-17)13-24-8-6-21(7-9-24)19-15(10-14(2)28-21)11-18(29-19)20(22)25/h4-5,11-12,14H,3,6-10,13H2,1-2H3,(H2,22,25). The van der Waals surface area contributed by atoms with Crippen LogP contribution >= 0.6 is 11.3 Å².